The van der Waals surface area contributed by atoms with Crippen molar-refractivity contribution in [1.82, 2.24) is 5.32 Å². The van der Waals surface area contributed by atoms with Crippen LogP contribution in [0.25, 0.3) is 0 Å². The minimum absolute atomic E-state index is 0. The average molecular weight is 396 g/mol. The molecule has 1 fully saturated rings. The Bertz CT molecular complexity index is 491. The Labute approximate surface area is 157 Å². The quantitative estimate of drug-likeness (QED) is 0.221. The van der Waals surface area contributed by atoms with Gasteiger partial charge in [0, 0.05) is 25.3 Å². The number of ether oxygens (including phenoxy) is 1. The van der Waals surface area contributed by atoms with Gasteiger partial charge in [0.1, 0.15) is 6.23 Å². The second-order valence-electron chi connectivity index (χ2n) is 7.68. The first-order valence-electron chi connectivity index (χ1n) is 8.45. The van der Waals surface area contributed by atoms with Crippen LogP contribution >= 0.6 is 0 Å². The molecule has 1 rings (SSSR count). The van der Waals surface area contributed by atoms with Gasteiger partial charge in [0.2, 0.25) is 5.91 Å². The van der Waals surface area contributed by atoms with E-state index in [1.165, 1.54) is 0 Å². The van der Waals surface area contributed by atoms with Gasteiger partial charge in [-0.05, 0) is 20.8 Å². The van der Waals surface area contributed by atoms with Crippen molar-refractivity contribution in [3.63, 3.8) is 0 Å². The van der Waals surface area contributed by atoms with Gasteiger partial charge in [0.05, 0.1) is 30.8 Å². The largest absolute Gasteiger partial charge is 0.477 e. The lowest BCUT2D eigenvalue weighted by Crippen LogP contribution is -2.61. The topological polar surface area (TPSA) is 203 Å². The summed E-state index contributed by atoms with van der Waals surface area (Å²) in [4.78, 5) is 22.0. The molecule has 0 aromatic rings. The average Bonchev–Trinajstić information content (AvgIpc) is 2.43. The van der Waals surface area contributed by atoms with Gasteiger partial charge in [-0.25, -0.2) is 4.79 Å². The van der Waals surface area contributed by atoms with Crippen molar-refractivity contribution in [2.45, 2.75) is 76.4 Å². The van der Waals surface area contributed by atoms with E-state index >= 15 is 0 Å². The van der Waals surface area contributed by atoms with E-state index in [2.05, 4.69) is 5.32 Å². The predicted molar refractivity (Wildman–Crippen MR) is 93.0 cm³/mol. The van der Waals surface area contributed by atoms with Crippen molar-refractivity contribution >= 4 is 11.9 Å². The number of carboxylic acid groups (broad SMARTS) is 1. The number of carbonyl (C=O) groups is 2. The van der Waals surface area contributed by atoms with E-state index in [9.17, 15) is 30.0 Å². The van der Waals surface area contributed by atoms with Crippen LogP contribution in [0, 0.1) is 5.92 Å². The lowest BCUT2D eigenvalue weighted by molar-refractivity contribution is -0.297. The van der Waals surface area contributed by atoms with Gasteiger partial charge >= 0.3 is 5.97 Å². The third-order valence-electron chi connectivity index (χ3n) is 3.47. The second kappa shape index (κ2) is 10.3. The summed E-state index contributed by atoms with van der Waals surface area (Å²) in [6.45, 7) is 6.36. The number of aliphatic hydroxyl groups is 5. The highest BCUT2D eigenvalue weighted by molar-refractivity contribution is 5.75. The number of carboxylic acids is 1. The Hall–Kier alpha value is -1.34. The van der Waals surface area contributed by atoms with Gasteiger partial charge in [-0.15, -0.1) is 0 Å². The fourth-order valence-electron chi connectivity index (χ4n) is 2.45. The number of rotatable bonds is 6. The number of nitrogens with one attached hydrogen (secondary N) is 1. The van der Waals surface area contributed by atoms with Crippen molar-refractivity contribution in [2.24, 2.45) is 11.7 Å². The first-order valence-corrected chi connectivity index (χ1v) is 8.45. The summed E-state index contributed by atoms with van der Waals surface area (Å²) >= 11 is 0. The van der Waals surface area contributed by atoms with Crippen molar-refractivity contribution in [3.05, 3.63) is 0 Å². The SMILES string of the molecule is CC(=O)N[C@@H](O)[C@@H]1[C@H](C[C@H](O)CO)O[C@](O)(C(=O)O)C[C@@H]1O.CC(C)(C)N. The molecule has 0 radical (unpaired) electrons. The van der Waals surface area contributed by atoms with Crippen molar-refractivity contribution in [1.29, 1.82) is 0 Å². The van der Waals surface area contributed by atoms with Crippen LogP contribution in [0.2, 0.25) is 0 Å². The number of carbonyl (C=O) groups excluding carboxylic acids is 1. The highest BCUT2D eigenvalue weighted by atomic mass is 16.7. The zero-order valence-electron chi connectivity index (χ0n) is 16.0. The molecule has 27 heavy (non-hydrogen) atoms. The van der Waals surface area contributed by atoms with Gasteiger partial charge < -0.3 is 46.4 Å². The first kappa shape index (κ1) is 25.7. The summed E-state index contributed by atoms with van der Waals surface area (Å²) in [6, 6.07) is 0. The number of aliphatic carboxylic acids is 1. The first-order chi connectivity index (χ1) is 12.1. The van der Waals surface area contributed by atoms with Crippen molar-refractivity contribution < 1.29 is 45.0 Å². The van der Waals surface area contributed by atoms with E-state index in [4.69, 9.17) is 20.7 Å². The van der Waals surface area contributed by atoms with Crippen LogP contribution in [-0.4, -0.2) is 85.0 Å². The molecule has 160 valence electrons. The molecular weight excluding hydrogens is 364 g/mol. The highest BCUT2D eigenvalue weighted by Gasteiger charge is 2.53. The zero-order valence-corrected chi connectivity index (χ0v) is 16.0. The van der Waals surface area contributed by atoms with E-state index in [-0.39, 0.29) is 12.0 Å². The number of nitrogens with two attached hydrogens (primary N) is 1. The Morgan fingerprint density at radius 1 is 1.33 bits per heavy atom. The summed E-state index contributed by atoms with van der Waals surface area (Å²) in [5.41, 5.74) is 5.35. The van der Waals surface area contributed by atoms with E-state index in [1.807, 2.05) is 20.8 Å². The summed E-state index contributed by atoms with van der Waals surface area (Å²) in [6.07, 6.45) is -6.82. The van der Waals surface area contributed by atoms with Crippen LogP contribution in [0.15, 0.2) is 0 Å². The number of hydrogen-bond donors (Lipinski definition) is 8. The van der Waals surface area contributed by atoms with Crippen molar-refractivity contribution in [3.8, 4) is 0 Å². The number of hydrogen-bond acceptors (Lipinski definition) is 9. The zero-order chi connectivity index (χ0) is 21.6. The molecule has 9 N–H and O–H groups in total. The number of amides is 1. The van der Waals surface area contributed by atoms with Crippen LogP contribution in [0.1, 0.15) is 40.5 Å². The van der Waals surface area contributed by atoms with E-state index in [0.29, 0.717) is 0 Å². The molecule has 1 amide bonds. The summed E-state index contributed by atoms with van der Waals surface area (Å²) in [7, 11) is 0. The van der Waals surface area contributed by atoms with Gasteiger partial charge in [0.25, 0.3) is 5.79 Å². The molecule has 0 bridgehead atoms. The molecule has 0 saturated carbocycles. The van der Waals surface area contributed by atoms with E-state index < -0.39 is 61.1 Å². The summed E-state index contributed by atoms with van der Waals surface area (Å²) in [5, 5.41) is 59.3. The maximum Gasteiger partial charge on any atom is 0.364 e. The molecule has 0 aromatic carbocycles. The molecule has 1 aliphatic heterocycles. The van der Waals surface area contributed by atoms with Crippen LogP contribution in [0.5, 0.6) is 0 Å². The second-order valence-corrected chi connectivity index (χ2v) is 7.68. The molecule has 1 saturated heterocycles. The fourth-order valence-corrected chi connectivity index (χ4v) is 2.45. The Kier molecular flexibility index (Phi) is 9.76. The van der Waals surface area contributed by atoms with Gasteiger partial charge in [-0.2, -0.15) is 0 Å². The van der Waals surface area contributed by atoms with Gasteiger partial charge in [-0.1, -0.05) is 0 Å². The summed E-state index contributed by atoms with van der Waals surface area (Å²) in [5.74, 6) is -6.21. The van der Waals surface area contributed by atoms with E-state index in [1.54, 1.807) is 0 Å². The van der Waals surface area contributed by atoms with Crippen LogP contribution in [-0.2, 0) is 14.3 Å². The molecule has 1 heterocycles. The van der Waals surface area contributed by atoms with Crippen LogP contribution in [0.4, 0.5) is 0 Å². The number of aliphatic hydroxyl groups excluding tert-OH is 4. The highest BCUT2D eigenvalue weighted by Crippen LogP contribution is 2.35. The molecule has 11 nitrogen and oxygen atoms in total. The van der Waals surface area contributed by atoms with E-state index in [0.717, 1.165) is 6.92 Å². The fraction of sp³-hybridized carbons (Fsp3) is 0.875. The maximum atomic E-state index is 11.0. The normalized spacial score (nSPS) is 30.5. The lowest BCUT2D eigenvalue weighted by atomic mass is 9.83. The molecule has 1 aliphatic rings. The molecule has 0 unspecified atom stereocenters. The Morgan fingerprint density at radius 2 is 1.81 bits per heavy atom. The maximum absolute atomic E-state index is 11.0. The van der Waals surface area contributed by atoms with Crippen LogP contribution in [0.3, 0.4) is 0 Å². The molecule has 0 aliphatic carbocycles. The minimum Gasteiger partial charge on any atom is -0.477 e. The molecule has 0 spiro atoms. The molecule has 0 aromatic heterocycles. The molecular formula is C16H32N2O9. The minimum atomic E-state index is -2.69. The Morgan fingerprint density at radius 3 is 2.19 bits per heavy atom. The third-order valence-corrected chi connectivity index (χ3v) is 3.47. The predicted octanol–water partition coefficient (Wildman–Crippen LogP) is -2.53. The van der Waals surface area contributed by atoms with Gasteiger partial charge in [-0.3, -0.25) is 4.79 Å². The lowest BCUT2D eigenvalue weighted by Gasteiger charge is -2.44. The summed E-state index contributed by atoms with van der Waals surface area (Å²) < 4.78 is 5.01. The third kappa shape index (κ3) is 9.42. The van der Waals surface area contributed by atoms with Gasteiger partial charge in [0.15, 0.2) is 0 Å². The smallest absolute Gasteiger partial charge is 0.364 e. The Balaban J connectivity index is 0.00000119. The molecule has 11 heteroatoms. The van der Waals surface area contributed by atoms with Crippen LogP contribution < -0.4 is 11.1 Å². The van der Waals surface area contributed by atoms with Crippen molar-refractivity contribution in [2.75, 3.05) is 6.61 Å². The molecule has 6 atom stereocenters. The standard InChI is InChI=1S/C12H21NO9.C4H11N/c1-5(15)13-10(18)9-7(17)3-12(21,11(19)20)22-8(9)2-6(16)4-14;1-4(2,3)5/h6-10,14,16-18,21H,2-4H2,1H3,(H,13,15)(H,19,20);5H2,1-3H3/t6-,7-,8-,9-,10-,12-;/m0./s1. The monoisotopic (exact) mass is 396 g/mol.